The summed E-state index contributed by atoms with van der Waals surface area (Å²) in [6, 6.07) is 5.46. The summed E-state index contributed by atoms with van der Waals surface area (Å²) in [5.41, 5.74) is 2.82. The first-order valence-corrected chi connectivity index (χ1v) is 9.13. The van der Waals surface area contributed by atoms with E-state index < -0.39 is 0 Å². The van der Waals surface area contributed by atoms with Gasteiger partial charge >= 0.3 is 0 Å². The molecule has 27 heavy (non-hydrogen) atoms. The topological polar surface area (TPSA) is 71.7 Å². The number of anilines is 1. The van der Waals surface area contributed by atoms with Crippen LogP contribution in [0.25, 0.3) is 11.1 Å². The fraction of sp³-hybridized carbons (Fsp3) is 0.350. The first kappa shape index (κ1) is 17.3. The molecule has 3 aromatic heterocycles. The second-order valence-electron chi connectivity index (χ2n) is 6.49. The first-order valence-electron chi connectivity index (χ1n) is 9.13. The summed E-state index contributed by atoms with van der Waals surface area (Å²) in [6.07, 6.45) is 5.21. The molecule has 0 aliphatic carbocycles. The van der Waals surface area contributed by atoms with E-state index in [1.807, 2.05) is 37.1 Å². The normalized spacial score (nSPS) is 14.6. The molecule has 0 unspecified atom stereocenters. The molecule has 1 amide bonds. The highest BCUT2D eigenvalue weighted by molar-refractivity contribution is 6.04. The van der Waals surface area contributed by atoms with Gasteiger partial charge in [0.05, 0.1) is 24.1 Å². The summed E-state index contributed by atoms with van der Waals surface area (Å²) >= 11 is 0. The number of piperazine rings is 1. The van der Waals surface area contributed by atoms with Crippen molar-refractivity contribution in [3.8, 4) is 5.75 Å². The van der Waals surface area contributed by atoms with Gasteiger partial charge in [-0.1, -0.05) is 0 Å². The Hall–Kier alpha value is -3.09. The Morgan fingerprint density at radius 1 is 1.22 bits per heavy atom. The number of ether oxygens (including phenoxy) is 1. The molecule has 4 rings (SSSR count). The van der Waals surface area contributed by atoms with Gasteiger partial charge in [0.25, 0.3) is 5.91 Å². The molecular formula is C20H22N4O3. The molecule has 7 heteroatoms. The van der Waals surface area contributed by atoms with Crippen LogP contribution in [-0.2, 0) is 0 Å². The van der Waals surface area contributed by atoms with E-state index in [1.54, 1.807) is 18.5 Å². The minimum atomic E-state index is -0.0207. The zero-order valence-corrected chi connectivity index (χ0v) is 15.5. The van der Waals surface area contributed by atoms with Crippen molar-refractivity contribution in [2.45, 2.75) is 13.8 Å². The van der Waals surface area contributed by atoms with Crippen LogP contribution in [0.1, 0.15) is 23.0 Å². The lowest BCUT2D eigenvalue weighted by Crippen LogP contribution is -2.49. The standard InChI is InChI=1S/C20H22N4O3/c1-3-26-18-5-6-21-13-17(18)23-8-10-24(11-9-23)20(25)15-4-7-22-16-12-14(2)27-19(15)16/h4-7,12-13H,3,8-11H2,1-2H3. The molecule has 0 bridgehead atoms. The minimum absolute atomic E-state index is 0.0207. The number of nitrogens with zero attached hydrogens (tertiary/aromatic N) is 4. The first-order chi connectivity index (χ1) is 13.2. The molecule has 1 fully saturated rings. The summed E-state index contributed by atoms with van der Waals surface area (Å²) in [4.78, 5) is 25.6. The predicted molar refractivity (Wildman–Crippen MR) is 102 cm³/mol. The van der Waals surface area contributed by atoms with E-state index in [0.29, 0.717) is 36.4 Å². The van der Waals surface area contributed by atoms with Gasteiger partial charge < -0.3 is 19.0 Å². The smallest absolute Gasteiger partial charge is 0.257 e. The second-order valence-corrected chi connectivity index (χ2v) is 6.49. The minimum Gasteiger partial charge on any atom is -0.492 e. The summed E-state index contributed by atoms with van der Waals surface area (Å²) in [7, 11) is 0. The molecule has 0 atom stereocenters. The monoisotopic (exact) mass is 366 g/mol. The Bertz CT molecular complexity index is 961. The van der Waals surface area contributed by atoms with Crippen molar-refractivity contribution in [3.63, 3.8) is 0 Å². The van der Waals surface area contributed by atoms with Crippen LogP contribution in [0.3, 0.4) is 0 Å². The molecule has 0 aromatic carbocycles. The van der Waals surface area contributed by atoms with Crippen LogP contribution >= 0.6 is 0 Å². The molecular weight excluding hydrogens is 344 g/mol. The third-order valence-corrected chi connectivity index (χ3v) is 4.73. The molecule has 0 N–H and O–H groups in total. The van der Waals surface area contributed by atoms with Crippen molar-refractivity contribution >= 4 is 22.7 Å². The van der Waals surface area contributed by atoms with Gasteiger partial charge in [-0.25, -0.2) is 0 Å². The van der Waals surface area contributed by atoms with Crippen molar-refractivity contribution in [2.24, 2.45) is 0 Å². The van der Waals surface area contributed by atoms with E-state index >= 15 is 0 Å². The van der Waals surface area contributed by atoms with Gasteiger partial charge in [0.15, 0.2) is 5.58 Å². The van der Waals surface area contributed by atoms with Gasteiger partial charge in [-0.3, -0.25) is 14.8 Å². The van der Waals surface area contributed by atoms with Crippen LogP contribution in [0.5, 0.6) is 5.75 Å². The number of carbonyl (C=O) groups is 1. The molecule has 7 nitrogen and oxygen atoms in total. The number of hydrogen-bond acceptors (Lipinski definition) is 6. The van der Waals surface area contributed by atoms with Gasteiger partial charge in [0, 0.05) is 50.7 Å². The van der Waals surface area contributed by atoms with Gasteiger partial charge in [-0.2, -0.15) is 0 Å². The molecule has 4 heterocycles. The van der Waals surface area contributed by atoms with E-state index in [9.17, 15) is 4.79 Å². The van der Waals surface area contributed by atoms with Crippen molar-refractivity contribution < 1.29 is 13.9 Å². The number of rotatable bonds is 4. The number of fused-ring (bicyclic) bond motifs is 1. The number of furan rings is 1. The van der Waals surface area contributed by atoms with E-state index in [0.717, 1.165) is 30.3 Å². The van der Waals surface area contributed by atoms with Crippen molar-refractivity contribution in [1.29, 1.82) is 0 Å². The largest absolute Gasteiger partial charge is 0.492 e. The average molecular weight is 366 g/mol. The van der Waals surface area contributed by atoms with E-state index in [1.165, 1.54) is 0 Å². The van der Waals surface area contributed by atoms with Gasteiger partial charge in [0.1, 0.15) is 17.0 Å². The summed E-state index contributed by atoms with van der Waals surface area (Å²) < 4.78 is 11.4. The zero-order chi connectivity index (χ0) is 18.8. The van der Waals surface area contributed by atoms with Crippen LogP contribution in [-0.4, -0.2) is 53.6 Å². The van der Waals surface area contributed by atoms with Gasteiger partial charge in [-0.15, -0.1) is 0 Å². The number of hydrogen-bond donors (Lipinski definition) is 0. The Labute approximate surface area is 157 Å². The second kappa shape index (κ2) is 7.26. The number of aryl methyl sites for hydroxylation is 1. The maximum atomic E-state index is 13.0. The Morgan fingerprint density at radius 3 is 2.81 bits per heavy atom. The lowest BCUT2D eigenvalue weighted by molar-refractivity contribution is 0.0747. The molecule has 0 spiro atoms. The van der Waals surface area contributed by atoms with Crippen molar-refractivity contribution in [1.82, 2.24) is 14.9 Å². The molecule has 0 saturated carbocycles. The van der Waals surface area contributed by atoms with Crippen LogP contribution in [0, 0.1) is 6.92 Å². The third kappa shape index (κ3) is 3.32. The van der Waals surface area contributed by atoms with Crippen LogP contribution < -0.4 is 9.64 Å². The maximum Gasteiger partial charge on any atom is 0.257 e. The fourth-order valence-corrected chi connectivity index (χ4v) is 3.44. The summed E-state index contributed by atoms with van der Waals surface area (Å²) in [5.74, 6) is 1.56. The molecule has 0 radical (unpaired) electrons. The van der Waals surface area contributed by atoms with E-state index in [4.69, 9.17) is 9.15 Å². The highest BCUT2D eigenvalue weighted by Gasteiger charge is 2.26. The summed E-state index contributed by atoms with van der Waals surface area (Å²) in [6.45, 7) is 7.14. The molecule has 140 valence electrons. The quantitative estimate of drug-likeness (QED) is 0.707. The molecule has 3 aromatic rings. The number of amides is 1. The molecule has 1 aliphatic rings. The van der Waals surface area contributed by atoms with Gasteiger partial charge in [0.2, 0.25) is 0 Å². The highest BCUT2D eigenvalue weighted by Crippen LogP contribution is 2.28. The maximum absolute atomic E-state index is 13.0. The van der Waals surface area contributed by atoms with E-state index in [2.05, 4.69) is 14.9 Å². The Morgan fingerprint density at radius 2 is 2.04 bits per heavy atom. The SMILES string of the molecule is CCOc1ccncc1N1CCN(C(=O)c2ccnc3cc(C)oc23)CC1. The third-order valence-electron chi connectivity index (χ3n) is 4.73. The fourth-order valence-electron chi connectivity index (χ4n) is 3.44. The molecule has 1 aliphatic heterocycles. The summed E-state index contributed by atoms with van der Waals surface area (Å²) in [5, 5.41) is 0. The predicted octanol–water partition coefficient (Wildman–Crippen LogP) is 2.89. The lowest BCUT2D eigenvalue weighted by atomic mass is 10.2. The van der Waals surface area contributed by atoms with Crippen molar-refractivity contribution in [3.05, 3.63) is 48.1 Å². The number of aromatic nitrogens is 2. The lowest BCUT2D eigenvalue weighted by Gasteiger charge is -2.36. The van der Waals surface area contributed by atoms with Crippen LogP contribution in [0.4, 0.5) is 5.69 Å². The van der Waals surface area contributed by atoms with E-state index in [-0.39, 0.29) is 5.91 Å². The van der Waals surface area contributed by atoms with Gasteiger partial charge in [-0.05, 0) is 19.9 Å². The Kier molecular flexibility index (Phi) is 4.66. The average Bonchev–Trinajstić information content (AvgIpc) is 3.08. The Balaban J connectivity index is 1.50. The number of pyridine rings is 2. The van der Waals surface area contributed by atoms with Crippen molar-refractivity contribution in [2.75, 3.05) is 37.7 Å². The zero-order valence-electron chi connectivity index (χ0n) is 15.5. The number of carbonyl (C=O) groups excluding carboxylic acids is 1. The van der Waals surface area contributed by atoms with Crippen LogP contribution in [0.2, 0.25) is 0 Å². The molecule has 1 saturated heterocycles. The van der Waals surface area contributed by atoms with Crippen LogP contribution in [0.15, 0.2) is 41.2 Å². The highest BCUT2D eigenvalue weighted by atomic mass is 16.5.